The molecule has 22 heavy (non-hydrogen) atoms. The number of rotatable bonds is 0. The van der Waals surface area contributed by atoms with E-state index >= 15 is 0 Å². The molecular weight excluding hydrogens is 268 g/mol. The van der Waals surface area contributed by atoms with E-state index < -0.39 is 0 Å². The van der Waals surface area contributed by atoms with Gasteiger partial charge in [0.25, 0.3) is 0 Å². The van der Waals surface area contributed by atoms with Crippen LogP contribution in [-0.2, 0) is 0 Å². The van der Waals surface area contributed by atoms with E-state index in [1.807, 2.05) is 12.1 Å². The van der Waals surface area contributed by atoms with Crippen molar-refractivity contribution in [2.75, 3.05) is 11.5 Å². The zero-order valence-corrected chi connectivity index (χ0v) is 11.9. The molecule has 4 N–H and O–H groups in total. The minimum absolute atomic E-state index is 0.826. The van der Waals surface area contributed by atoms with Crippen molar-refractivity contribution in [2.45, 2.75) is 0 Å². The molecule has 5 rings (SSSR count). The summed E-state index contributed by atoms with van der Waals surface area (Å²) in [5, 5.41) is 9.68. The van der Waals surface area contributed by atoms with Gasteiger partial charge >= 0.3 is 0 Å². The molecule has 0 atom stereocenters. The number of hydrogen-bond donors (Lipinski definition) is 2. The molecular formula is C20H14N2. The van der Waals surface area contributed by atoms with Gasteiger partial charge in [-0.15, -0.1) is 0 Å². The Hall–Kier alpha value is -3.00. The predicted octanol–water partition coefficient (Wildman–Crippen LogP) is 4.90. The van der Waals surface area contributed by atoms with Crippen molar-refractivity contribution in [2.24, 2.45) is 0 Å². The van der Waals surface area contributed by atoms with Gasteiger partial charge in [-0.05, 0) is 44.5 Å². The van der Waals surface area contributed by atoms with Crippen LogP contribution in [0.25, 0.3) is 43.1 Å². The standard InChI is InChI=1S/C20H14N2/c21-17-9-7-13-14-8-10-18(22)16-6-2-4-12(20(14)16)11-3-1-5-15(17)19(11)13/h1-10H,21-22H2. The van der Waals surface area contributed by atoms with E-state index in [4.69, 9.17) is 11.5 Å². The zero-order valence-electron chi connectivity index (χ0n) is 11.9. The fourth-order valence-electron chi connectivity index (χ4n) is 3.76. The molecule has 0 saturated carbocycles. The molecule has 0 saturated heterocycles. The van der Waals surface area contributed by atoms with E-state index in [0.29, 0.717) is 0 Å². The highest BCUT2D eigenvalue weighted by Gasteiger charge is 2.14. The smallest absolute Gasteiger partial charge is 0.0394 e. The normalized spacial score (nSPS) is 12.0. The molecule has 0 spiro atoms. The third-order valence-electron chi connectivity index (χ3n) is 4.73. The van der Waals surface area contributed by atoms with Crippen LogP contribution in [0, 0.1) is 0 Å². The lowest BCUT2D eigenvalue weighted by molar-refractivity contribution is 1.75. The highest BCUT2D eigenvalue weighted by molar-refractivity contribution is 6.34. The van der Waals surface area contributed by atoms with Crippen LogP contribution >= 0.6 is 0 Å². The lowest BCUT2D eigenvalue weighted by Gasteiger charge is -2.15. The minimum Gasteiger partial charge on any atom is -0.398 e. The van der Waals surface area contributed by atoms with E-state index in [0.717, 1.165) is 22.1 Å². The third kappa shape index (κ3) is 1.25. The zero-order chi connectivity index (χ0) is 14.8. The first kappa shape index (κ1) is 11.6. The van der Waals surface area contributed by atoms with Gasteiger partial charge in [-0.2, -0.15) is 0 Å². The summed E-state index contributed by atoms with van der Waals surface area (Å²) in [7, 11) is 0. The largest absolute Gasteiger partial charge is 0.398 e. The second-order valence-corrected chi connectivity index (χ2v) is 5.86. The highest BCUT2D eigenvalue weighted by Crippen LogP contribution is 2.42. The Morgan fingerprint density at radius 2 is 0.773 bits per heavy atom. The lowest BCUT2D eigenvalue weighted by Crippen LogP contribution is -1.93. The number of hydrogen-bond acceptors (Lipinski definition) is 2. The Morgan fingerprint density at radius 3 is 1.23 bits per heavy atom. The molecule has 0 unspecified atom stereocenters. The SMILES string of the molecule is Nc1ccc2c3ccc(N)c4cccc(c5cccc1c52)c43. The number of nitrogen functional groups attached to an aromatic ring is 2. The predicted molar refractivity (Wildman–Crippen MR) is 96.5 cm³/mol. The first-order chi connectivity index (χ1) is 10.8. The summed E-state index contributed by atoms with van der Waals surface area (Å²) in [6.07, 6.45) is 0. The molecule has 0 fully saturated rings. The Balaban J connectivity index is 2.28. The van der Waals surface area contributed by atoms with Crippen LogP contribution in [0.5, 0.6) is 0 Å². The summed E-state index contributed by atoms with van der Waals surface area (Å²) in [5.41, 5.74) is 14.0. The second kappa shape index (κ2) is 3.80. The monoisotopic (exact) mass is 282 g/mol. The number of nitrogens with two attached hydrogens (primary N) is 2. The van der Waals surface area contributed by atoms with Crippen LogP contribution in [-0.4, -0.2) is 0 Å². The number of benzene rings is 5. The highest BCUT2D eigenvalue weighted by atomic mass is 14.6. The summed E-state index contributed by atoms with van der Waals surface area (Å²) < 4.78 is 0. The van der Waals surface area contributed by atoms with Crippen molar-refractivity contribution in [1.82, 2.24) is 0 Å². The van der Waals surface area contributed by atoms with Gasteiger partial charge in [-0.1, -0.05) is 48.5 Å². The Morgan fingerprint density at radius 1 is 0.409 bits per heavy atom. The van der Waals surface area contributed by atoms with Gasteiger partial charge < -0.3 is 11.5 Å². The van der Waals surface area contributed by atoms with Crippen LogP contribution in [0.1, 0.15) is 0 Å². The fourth-order valence-corrected chi connectivity index (χ4v) is 3.76. The van der Waals surface area contributed by atoms with Gasteiger partial charge in [0, 0.05) is 22.1 Å². The molecule has 104 valence electrons. The Kier molecular flexibility index (Phi) is 2.01. The molecule has 0 aliphatic heterocycles. The molecule has 0 aromatic heterocycles. The average molecular weight is 282 g/mol. The van der Waals surface area contributed by atoms with E-state index in [1.165, 1.54) is 32.3 Å². The molecule has 0 aliphatic carbocycles. The van der Waals surface area contributed by atoms with Gasteiger partial charge in [-0.25, -0.2) is 0 Å². The second-order valence-electron chi connectivity index (χ2n) is 5.86. The molecule has 0 bridgehead atoms. The molecule has 0 amide bonds. The van der Waals surface area contributed by atoms with Crippen LogP contribution in [0.4, 0.5) is 11.4 Å². The fraction of sp³-hybridized carbons (Fsp3) is 0. The quantitative estimate of drug-likeness (QED) is 0.241. The lowest BCUT2D eigenvalue weighted by atomic mass is 9.89. The summed E-state index contributed by atoms with van der Waals surface area (Å²) in [5.74, 6) is 0. The first-order valence-corrected chi connectivity index (χ1v) is 7.39. The van der Waals surface area contributed by atoms with E-state index in [9.17, 15) is 0 Å². The Bertz CT molecular complexity index is 1070. The van der Waals surface area contributed by atoms with Crippen molar-refractivity contribution in [3.05, 3.63) is 60.7 Å². The topological polar surface area (TPSA) is 52.0 Å². The molecule has 5 aromatic carbocycles. The molecule has 0 heterocycles. The van der Waals surface area contributed by atoms with Gasteiger partial charge in [0.05, 0.1) is 0 Å². The van der Waals surface area contributed by atoms with Crippen molar-refractivity contribution in [3.8, 4) is 0 Å². The molecule has 2 heteroatoms. The van der Waals surface area contributed by atoms with Crippen molar-refractivity contribution < 1.29 is 0 Å². The van der Waals surface area contributed by atoms with E-state index in [2.05, 4.69) is 48.5 Å². The maximum atomic E-state index is 6.19. The van der Waals surface area contributed by atoms with Gasteiger partial charge in [-0.3, -0.25) is 0 Å². The average Bonchev–Trinajstić information content (AvgIpc) is 2.56. The van der Waals surface area contributed by atoms with Crippen LogP contribution in [0.2, 0.25) is 0 Å². The summed E-state index contributed by atoms with van der Waals surface area (Å²) in [4.78, 5) is 0. The summed E-state index contributed by atoms with van der Waals surface area (Å²) >= 11 is 0. The number of fused-ring (bicyclic) bond motifs is 2. The van der Waals surface area contributed by atoms with Crippen molar-refractivity contribution in [3.63, 3.8) is 0 Å². The van der Waals surface area contributed by atoms with Crippen LogP contribution in [0.3, 0.4) is 0 Å². The Labute approximate surface area is 127 Å². The molecule has 2 nitrogen and oxygen atoms in total. The van der Waals surface area contributed by atoms with Crippen molar-refractivity contribution in [1.29, 1.82) is 0 Å². The maximum absolute atomic E-state index is 6.19. The van der Waals surface area contributed by atoms with Gasteiger partial charge in [0.15, 0.2) is 0 Å². The van der Waals surface area contributed by atoms with Gasteiger partial charge in [0.2, 0.25) is 0 Å². The van der Waals surface area contributed by atoms with Crippen LogP contribution < -0.4 is 11.5 Å². The summed E-state index contributed by atoms with van der Waals surface area (Å²) in [6, 6.07) is 20.9. The molecule has 0 radical (unpaired) electrons. The minimum atomic E-state index is 0.826. The van der Waals surface area contributed by atoms with Gasteiger partial charge in [0.1, 0.15) is 0 Å². The van der Waals surface area contributed by atoms with E-state index in [1.54, 1.807) is 0 Å². The number of anilines is 2. The van der Waals surface area contributed by atoms with Crippen molar-refractivity contribution >= 4 is 54.5 Å². The molecule has 5 aromatic rings. The summed E-state index contributed by atoms with van der Waals surface area (Å²) in [6.45, 7) is 0. The third-order valence-corrected chi connectivity index (χ3v) is 4.73. The van der Waals surface area contributed by atoms with E-state index in [-0.39, 0.29) is 0 Å². The van der Waals surface area contributed by atoms with Crippen LogP contribution in [0.15, 0.2) is 60.7 Å². The maximum Gasteiger partial charge on any atom is 0.0394 e. The molecule has 0 aliphatic rings. The first-order valence-electron chi connectivity index (χ1n) is 7.39.